The molecule has 0 unspecified atom stereocenters. The van der Waals surface area contributed by atoms with E-state index in [1.54, 1.807) is 0 Å². The third kappa shape index (κ3) is 2.10. The molecule has 1 aromatic heterocycles. The molecule has 0 saturated carbocycles. The van der Waals surface area contributed by atoms with Crippen molar-refractivity contribution < 1.29 is 19.5 Å². The second-order valence-electron chi connectivity index (χ2n) is 2.33. The molecule has 0 fully saturated rings. The van der Waals surface area contributed by atoms with E-state index in [2.05, 4.69) is 4.98 Å². The van der Waals surface area contributed by atoms with Gasteiger partial charge in [0.15, 0.2) is 0 Å². The third-order valence-electron chi connectivity index (χ3n) is 1.54. The zero-order valence-electron chi connectivity index (χ0n) is 7.39. The van der Waals surface area contributed by atoms with Crippen molar-refractivity contribution in [2.75, 3.05) is 14.2 Å². The summed E-state index contributed by atoms with van der Waals surface area (Å²) in [7, 11) is 1.28. The van der Waals surface area contributed by atoms with Crippen LogP contribution in [0.2, 0.25) is 0 Å². The van der Waals surface area contributed by atoms with E-state index in [4.69, 9.17) is 19.5 Å². The summed E-state index contributed by atoms with van der Waals surface area (Å²) in [5, 5.41) is 17.8. The largest absolute Gasteiger partial charge is 0.494 e. The maximum Gasteiger partial charge on any atom is 0.494 e. The van der Waals surface area contributed by atoms with Gasteiger partial charge in [-0.25, -0.2) is 0 Å². The fraction of sp³-hybridized carbons (Fsp3) is 0.286. The van der Waals surface area contributed by atoms with Crippen LogP contribution in [0.5, 0.6) is 11.8 Å². The van der Waals surface area contributed by atoms with Crippen LogP contribution in [0.25, 0.3) is 0 Å². The molecule has 70 valence electrons. The van der Waals surface area contributed by atoms with E-state index in [0.717, 1.165) is 0 Å². The van der Waals surface area contributed by atoms with Gasteiger partial charge < -0.3 is 19.5 Å². The highest BCUT2D eigenvalue weighted by atomic mass is 16.5. The van der Waals surface area contributed by atoms with Crippen LogP contribution in [0.1, 0.15) is 0 Å². The fourth-order valence-corrected chi connectivity index (χ4v) is 0.908. The van der Waals surface area contributed by atoms with E-state index in [1.165, 1.54) is 26.4 Å². The van der Waals surface area contributed by atoms with Gasteiger partial charge in [-0.2, -0.15) is 4.98 Å². The SMILES string of the molecule is COc1ccc(B(O)O)c(OC)n1. The monoisotopic (exact) mass is 183 g/mol. The zero-order chi connectivity index (χ0) is 9.84. The molecule has 0 saturated heterocycles. The summed E-state index contributed by atoms with van der Waals surface area (Å²) in [5.41, 5.74) is 0.211. The molecule has 0 atom stereocenters. The molecule has 1 heterocycles. The molecule has 0 aliphatic rings. The molecule has 0 amide bonds. The average Bonchev–Trinajstić information content (AvgIpc) is 2.16. The Morgan fingerprint density at radius 2 is 1.92 bits per heavy atom. The molecule has 1 aromatic rings. The molecule has 13 heavy (non-hydrogen) atoms. The summed E-state index contributed by atoms with van der Waals surface area (Å²) in [6.07, 6.45) is 0. The Morgan fingerprint density at radius 3 is 2.38 bits per heavy atom. The van der Waals surface area contributed by atoms with Crippen LogP contribution in [-0.4, -0.2) is 36.4 Å². The highest BCUT2D eigenvalue weighted by molar-refractivity contribution is 6.59. The van der Waals surface area contributed by atoms with Crippen molar-refractivity contribution in [1.29, 1.82) is 0 Å². The number of pyridine rings is 1. The Bertz CT molecular complexity index is 292. The molecule has 1 rings (SSSR count). The molecular formula is C7H10BNO4. The van der Waals surface area contributed by atoms with Crippen LogP contribution >= 0.6 is 0 Å². The van der Waals surface area contributed by atoms with E-state index in [-0.39, 0.29) is 11.3 Å². The van der Waals surface area contributed by atoms with E-state index in [0.29, 0.717) is 5.88 Å². The summed E-state index contributed by atoms with van der Waals surface area (Å²) < 4.78 is 9.68. The number of methoxy groups -OCH3 is 2. The maximum atomic E-state index is 8.89. The first-order chi connectivity index (χ1) is 6.19. The van der Waals surface area contributed by atoms with Crippen molar-refractivity contribution in [2.24, 2.45) is 0 Å². The molecule has 0 radical (unpaired) electrons. The van der Waals surface area contributed by atoms with Gasteiger partial charge in [-0.3, -0.25) is 0 Å². The number of rotatable bonds is 3. The third-order valence-corrected chi connectivity index (χ3v) is 1.54. The number of hydrogen-bond acceptors (Lipinski definition) is 5. The standard InChI is InChI=1S/C7H10BNO4/c1-12-6-4-3-5(8(10)11)7(9-6)13-2/h3-4,10-11H,1-2H3. The van der Waals surface area contributed by atoms with Crippen molar-refractivity contribution in [3.63, 3.8) is 0 Å². The molecule has 0 aromatic carbocycles. The number of aromatic nitrogens is 1. The predicted molar refractivity (Wildman–Crippen MR) is 47.2 cm³/mol. The summed E-state index contributed by atoms with van der Waals surface area (Å²) in [6, 6.07) is 3.01. The van der Waals surface area contributed by atoms with Crippen LogP contribution in [0.15, 0.2) is 12.1 Å². The summed E-state index contributed by atoms with van der Waals surface area (Å²) in [6.45, 7) is 0. The van der Waals surface area contributed by atoms with Gasteiger partial charge in [0.05, 0.1) is 14.2 Å². The van der Waals surface area contributed by atoms with Gasteiger partial charge in [-0.05, 0) is 0 Å². The van der Waals surface area contributed by atoms with E-state index >= 15 is 0 Å². The second kappa shape index (κ2) is 4.11. The molecule has 0 aliphatic heterocycles. The summed E-state index contributed by atoms with van der Waals surface area (Å²) in [5.74, 6) is 0.510. The zero-order valence-corrected chi connectivity index (χ0v) is 7.39. The van der Waals surface area contributed by atoms with Gasteiger partial charge in [0.1, 0.15) is 0 Å². The Kier molecular flexibility index (Phi) is 3.10. The molecule has 6 heteroatoms. The highest BCUT2D eigenvalue weighted by Gasteiger charge is 2.18. The smallest absolute Gasteiger partial charge is 0.481 e. The predicted octanol–water partition coefficient (Wildman–Crippen LogP) is -1.22. The fourth-order valence-electron chi connectivity index (χ4n) is 0.908. The van der Waals surface area contributed by atoms with Crippen molar-refractivity contribution in [3.05, 3.63) is 12.1 Å². The highest BCUT2D eigenvalue weighted by Crippen LogP contribution is 2.10. The van der Waals surface area contributed by atoms with E-state index in [1.807, 2.05) is 0 Å². The maximum absolute atomic E-state index is 8.89. The van der Waals surface area contributed by atoms with Gasteiger partial charge >= 0.3 is 7.12 Å². The van der Waals surface area contributed by atoms with Crippen LogP contribution < -0.4 is 14.9 Å². The lowest BCUT2D eigenvalue weighted by molar-refractivity contribution is 0.363. The Hall–Kier alpha value is -1.27. The molecule has 0 spiro atoms. The minimum Gasteiger partial charge on any atom is -0.481 e. The molecule has 0 bridgehead atoms. The average molecular weight is 183 g/mol. The molecule has 2 N–H and O–H groups in total. The summed E-state index contributed by atoms with van der Waals surface area (Å²) in [4.78, 5) is 3.87. The first-order valence-electron chi connectivity index (χ1n) is 3.64. The van der Waals surface area contributed by atoms with Gasteiger partial charge in [-0.15, -0.1) is 0 Å². The van der Waals surface area contributed by atoms with Gasteiger partial charge in [0.2, 0.25) is 11.8 Å². The Morgan fingerprint density at radius 1 is 1.23 bits per heavy atom. The minimum absolute atomic E-state index is 0.148. The number of nitrogens with zero attached hydrogens (tertiary/aromatic N) is 1. The number of ether oxygens (including phenoxy) is 2. The quantitative estimate of drug-likeness (QED) is 0.574. The van der Waals surface area contributed by atoms with Crippen molar-refractivity contribution >= 4 is 12.6 Å². The van der Waals surface area contributed by atoms with Crippen LogP contribution in [0, 0.1) is 0 Å². The summed E-state index contributed by atoms with van der Waals surface area (Å²) >= 11 is 0. The topological polar surface area (TPSA) is 71.8 Å². The Labute approximate surface area is 76.1 Å². The Balaban J connectivity index is 3.08. The first-order valence-corrected chi connectivity index (χ1v) is 3.64. The van der Waals surface area contributed by atoms with Crippen molar-refractivity contribution in [1.82, 2.24) is 4.98 Å². The van der Waals surface area contributed by atoms with Gasteiger partial charge in [0.25, 0.3) is 0 Å². The van der Waals surface area contributed by atoms with Crippen LogP contribution in [0.4, 0.5) is 0 Å². The van der Waals surface area contributed by atoms with E-state index in [9.17, 15) is 0 Å². The minimum atomic E-state index is -1.59. The van der Waals surface area contributed by atoms with Crippen molar-refractivity contribution in [2.45, 2.75) is 0 Å². The molecule has 5 nitrogen and oxygen atoms in total. The van der Waals surface area contributed by atoms with Crippen LogP contribution in [-0.2, 0) is 0 Å². The van der Waals surface area contributed by atoms with Crippen LogP contribution in [0.3, 0.4) is 0 Å². The van der Waals surface area contributed by atoms with Crippen molar-refractivity contribution in [3.8, 4) is 11.8 Å². The second-order valence-corrected chi connectivity index (χ2v) is 2.33. The first kappa shape index (κ1) is 9.82. The number of hydrogen-bond donors (Lipinski definition) is 2. The van der Waals surface area contributed by atoms with Gasteiger partial charge in [0, 0.05) is 11.5 Å². The molecule has 0 aliphatic carbocycles. The lowest BCUT2D eigenvalue weighted by Crippen LogP contribution is -2.31. The lowest BCUT2D eigenvalue weighted by Gasteiger charge is -2.07. The lowest BCUT2D eigenvalue weighted by atomic mass is 9.81. The van der Waals surface area contributed by atoms with E-state index < -0.39 is 7.12 Å². The van der Waals surface area contributed by atoms with Gasteiger partial charge in [-0.1, -0.05) is 6.07 Å². The normalized spacial score (nSPS) is 9.54. The molecular weight excluding hydrogens is 173 g/mol.